The van der Waals surface area contributed by atoms with Gasteiger partial charge in [0.2, 0.25) is 10.0 Å². The molecule has 0 aliphatic heterocycles. The van der Waals surface area contributed by atoms with Crippen molar-refractivity contribution < 1.29 is 8.42 Å². The standard InChI is InChI=1S/C6H12N4O2S/c1-3-13(11,12)10(2)4-6-7-5-8-9-6/h5H,3-4H2,1-2H3,(H,7,8,9). The van der Waals surface area contributed by atoms with E-state index in [0.29, 0.717) is 5.82 Å². The molecule has 13 heavy (non-hydrogen) atoms. The first kappa shape index (κ1) is 10.1. The average Bonchev–Trinajstić information content (AvgIpc) is 2.57. The van der Waals surface area contributed by atoms with Gasteiger partial charge in [-0.05, 0) is 6.92 Å². The number of aromatic amines is 1. The highest BCUT2D eigenvalue weighted by atomic mass is 32.2. The van der Waals surface area contributed by atoms with Gasteiger partial charge in [-0.3, -0.25) is 5.10 Å². The van der Waals surface area contributed by atoms with E-state index in [1.807, 2.05) is 0 Å². The predicted octanol–water partition coefficient (Wildman–Crippen LogP) is -0.414. The molecule has 0 saturated carbocycles. The number of nitrogens with one attached hydrogen (secondary N) is 1. The van der Waals surface area contributed by atoms with Gasteiger partial charge in [0, 0.05) is 7.05 Å². The minimum absolute atomic E-state index is 0.0949. The summed E-state index contributed by atoms with van der Waals surface area (Å²) in [6.07, 6.45) is 1.35. The quantitative estimate of drug-likeness (QED) is 0.723. The number of H-pyrrole nitrogens is 1. The molecule has 0 amide bonds. The fraction of sp³-hybridized carbons (Fsp3) is 0.667. The minimum Gasteiger partial charge on any atom is -0.262 e. The fourth-order valence-corrected chi connectivity index (χ4v) is 1.60. The zero-order valence-corrected chi connectivity index (χ0v) is 8.37. The Kier molecular flexibility index (Phi) is 2.99. The summed E-state index contributed by atoms with van der Waals surface area (Å²) in [7, 11) is -1.61. The SMILES string of the molecule is CCS(=O)(=O)N(C)Cc1ncn[nH]1. The van der Waals surface area contributed by atoms with Gasteiger partial charge in [0.15, 0.2) is 0 Å². The normalized spacial score (nSPS) is 12.2. The Morgan fingerprint density at radius 2 is 2.31 bits per heavy atom. The number of hydrogen-bond donors (Lipinski definition) is 1. The molecule has 0 bridgehead atoms. The van der Waals surface area contributed by atoms with Crippen LogP contribution in [0.4, 0.5) is 0 Å². The van der Waals surface area contributed by atoms with Crippen LogP contribution in [0.15, 0.2) is 6.33 Å². The van der Waals surface area contributed by atoms with Crippen molar-refractivity contribution in [1.82, 2.24) is 19.5 Å². The monoisotopic (exact) mass is 204 g/mol. The second-order valence-electron chi connectivity index (χ2n) is 2.59. The lowest BCUT2D eigenvalue weighted by atomic mass is 10.6. The maximum absolute atomic E-state index is 11.3. The molecule has 0 spiro atoms. The predicted molar refractivity (Wildman–Crippen MR) is 47.3 cm³/mol. The van der Waals surface area contributed by atoms with E-state index >= 15 is 0 Å². The van der Waals surface area contributed by atoms with Crippen LogP contribution < -0.4 is 0 Å². The molecular formula is C6H12N4O2S. The summed E-state index contributed by atoms with van der Waals surface area (Å²) in [6, 6.07) is 0. The van der Waals surface area contributed by atoms with Gasteiger partial charge in [0.05, 0.1) is 12.3 Å². The van der Waals surface area contributed by atoms with Gasteiger partial charge in [0.25, 0.3) is 0 Å². The number of aromatic nitrogens is 3. The van der Waals surface area contributed by atoms with E-state index in [-0.39, 0.29) is 12.3 Å². The summed E-state index contributed by atoms with van der Waals surface area (Å²) >= 11 is 0. The van der Waals surface area contributed by atoms with Crippen molar-refractivity contribution in [2.75, 3.05) is 12.8 Å². The van der Waals surface area contributed by atoms with Crippen molar-refractivity contribution in [2.45, 2.75) is 13.5 Å². The Morgan fingerprint density at radius 1 is 1.62 bits per heavy atom. The zero-order chi connectivity index (χ0) is 9.90. The van der Waals surface area contributed by atoms with E-state index in [0.717, 1.165) is 0 Å². The van der Waals surface area contributed by atoms with E-state index in [2.05, 4.69) is 15.2 Å². The lowest BCUT2D eigenvalue weighted by Crippen LogP contribution is -2.28. The molecule has 1 aromatic rings. The molecule has 0 fully saturated rings. The van der Waals surface area contributed by atoms with Crippen LogP contribution in [0.25, 0.3) is 0 Å². The summed E-state index contributed by atoms with van der Waals surface area (Å²) in [4.78, 5) is 3.83. The Morgan fingerprint density at radius 3 is 2.77 bits per heavy atom. The van der Waals surface area contributed by atoms with Crippen molar-refractivity contribution in [2.24, 2.45) is 0 Å². The van der Waals surface area contributed by atoms with Crippen LogP contribution in [0.3, 0.4) is 0 Å². The van der Waals surface area contributed by atoms with Crippen molar-refractivity contribution in [1.29, 1.82) is 0 Å². The molecule has 74 valence electrons. The summed E-state index contributed by atoms with van der Waals surface area (Å²) < 4.78 is 23.8. The number of rotatable bonds is 4. The molecule has 0 radical (unpaired) electrons. The van der Waals surface area contributed by atoms with Crippen LogP contribution in [-0.2, 0) is 16.6 Å². The Labute approximate surface area is 77.0 Å². The third kappa shape index (κ3) is 2.49. The van der Waals surface area contributed by atoms with E-state index in [9.17, 15) is 8.42 Å². The number of nitrogens with zero attached hydrogens (tertiary/aromatic N) is 3. The van der Waals surface area contributed by atoms with Crippen LogP contribution >= 0.6 is 0 Å². The van der Waals surface area contributed by atoms with Crippen LogP contribution in [0, 0.1) is 0 Å². The zero-order valence-electron chi connectivity index (χ0n) is 7.56. The molecule has 0 unspecified atom stereocenters. The largest absolute Gasteiger partial charge is 0.262 e. The van der Waals surface area contributed by atoms with Crippen molar-refractivity contribution in [3.8, 4) is 0 Å². The molecule has 0 aliphatic carbocycles. The highest BCUT2D eigenvalue weighted by molar-refractivity contribution is 7.89. The second-order valence-corrected chi connectivity index (χ2v) is 4.95. The first-order valence-corrected chi connectivity index (χ1v) is 5.45. The van der Waals surface area contributed by atoms with Crippen LogP contribution in [0.1, 0.15) is 12.7 Å². The third-order valence-electron chi connectivity index (χ3n) is 1.68. The summed E-state index contributed by atoms with van der Waals surface area (Å²) in [6.45, 7) is 1.84. The maximum Gasteiger partial charge on any atom is 0.213 e. The van der Waals surface area contributed by atoms with Gasteiger partial charge in [0.1, 0.15) is 12.2 Å². The molecule has 0 aliphatic rings. The van der Waals surface area contributed by atoms with Crippen molar-refractivity contribution in [3.05, 3.63) is 12.2 Å². The van der Waals surface area contributed by atoms with E-state index in [1.165, 1.54) is 17.7 Å². The van der Waals surface area contributed by atoms with Gasteiger partial charge in [-0.2, -0.15) is 9.40 Å². The highest BCUT2D eigenvalue weighted by Crippen LogP contribution is 2.01. The van der Waals surface area contributed by atoms with Crippen molar-refractivity contribution in [3.63, 3.8) is 0 Å². The van der Waals surface area contributed by atoms with Crippen LogP contribution in [0.2, 0.25) is 0 Å². The Bertz CT molecular complexity index is 345. The topological polar surface area (TPSA) is 79.0 Å². The van der Waals surface area contributed by atoms with Crippen LogP contribution in [-0.4, -0.2) is 40.7 Å². The second kappa shape index (κ2) is 3.84. The lowest BCUT2D eigenvalue weighted by Gasteiger charge is -2.13. The molecule has 1 aromatic heterocycles. The molecule has 0 aromatic carbocycles. The first-order valence-electron chi connectivity index (χ1n) is 3.84. The summed E-state index contributed by atoms with van der Waals surface area (Å²) in [5.41, 5.74) is 0. The Hall–Kier alpha value is -0.950. The first-order chi connectivity index (χ1) is 6.06. The summed E-state index contributed by atoms with van der Waals surface area (Å²) in [5, 5.41) is 6.22. The van der Waals surface area contributed by atoms with E-state index < -0.39 is 10.0 Å². The average molecular weight is 204 g/mol. The van der Waals surface area contributed by atoms with Gasteiger partial charge in [-0.15, -0.1) is 0 Å². The molecular weight excluding hydrogens is 192 g/mol. The smallest absolute Gasteiger partial charge is 0.213 e. The molecule has 6 nitrogen and oxygen atoms in total. The maximum atomic E-state index is 11.3. The molecule has 0 saturated heterocycles. The fourth-order valence-electron chi connectivity index (χ4n) is 0.837. The van der Waals surface area contributed by atoms with E-state index in [4.69, 9.17) is 0 Å². The third-order valence-corrected chi connectivity index (χ3v) is 3.49. The van der Waals surface area contributed by atoms with Crippen LogP contribution in [0.5, 0.6) is 0 Å². The van der Waals surface area contributed by atoms with Gasteiger partial charge in [-0.1, -0.05) is 0 Å². The van der Waals surface area contributed by atoms with Crippen molar-refractivity contribution >= 4 is 10.0 Å². The molecule has 1 N–H and O–H groups in total. The molecule has 0 atom stereocenters. The highest BCUT2D eigenvalue weighted by Gasteiger charge is 2.15. The molecule has 1 rings (SSSR count). The number of sulfonamides is 1. The molecule has 7 heteroatoms. The summed E-state index contributed by atoms with van der Waals surface area (Å²) in [5.74, 6) is 0.636. The molecule has 1 heterocycles. The van der Waals surface area contributed by atoms with Gasteiger partial charge >= 0.3 is 0 Å². The van der Waals surface area contributed by atoms with Gasteiger partial charge < -0.3 is 0 Å². The van der Waals surface area contributed by atoms with E-state index in [1.54, 1.807) is 6.92 Å². The lowest BCUT2D eigenvalue weighted by molar-refractivity contribution is 0.458. The Balaban J connectivity index is 2.66. The number of hydrogen-bond acceptors (Lipinski definition) is 4. The van der Waals surface area contributed by atoms with Gasteiger partial charge in [-0.25, -0.2) is 13.4 Å². The minimum atomic E-state index is -3.13.